The number of aliphatic carboxylic acids is 1. The van der Waals surface area contributed by atoms with Crippen LogP contribution in [-0.2, 0) is 14.3 Å². The molecule has 1 rings (SSSR count). The lowest BCUT2D eigenvalue weighted by molar-refractivity contribution is -0.152. The molecule has 7 nitrogen and oxygen atoms in total. The molecule has 1 aliphatic rings. The number of β-amino-alcohol motifs (C(OH)–C–C–N with tert-alkyl or cyclic N) is 1. The zero-order valence-corrected chi connectivity index (χ0v) is 9.00. The number of likely N-dealkylation sites (tertiary alicyclic amines) is 1. The van der Waals surface area contributed by atoms with Gasteiger partial charge in [-0.25, -0.2) is 4.79 Å². The van der Waals surface area contributed by atoms with Crippen LogP contribution >= 0.6 is 0 Å². The highest BCUT2D eigenvalue weighted by atomic mass is 16.5. The maximum absolute atomic E-state index is 11.8. The second-order valence-electron chi connectivity index (χ2n) is 3.69. The van der Waals surface area contributed by atoms with Crippen molar-refractivity contribution in [2.45, 2.75) is 24.7 Å². The summed E-state index contributed by atoms with van der Waals surface area (Å²) >= 11 is 0. The number of hydrogen-bond donors (Lipinski definition) is 3. The number of aliphatic hydroxyl groups is 1. The molecule has 92 valence electrons. The number of carboxylic acid groups (broad SMARTS) is 1. The number of carboxylic acids is 1. The van der Waals surface area contributed by atoms with Gasteiger partial charge in [-0.05, 0) is 0 Å². The summed E-state index contributed by atoms with van der Waals surface area (Å²) < 4.78 is 4.85. The Labute approximate surface area is 92.8 Å². The lowest BCUT2D eigenvalue weighted by atomic mass is 10.2. The van der Waals surface area contributed by atoms with Gasteiger partial charge in [-0.15, -0.1) is 0 Å². The van der Waals surface area contributed by atoms with Gasteiger partial charge in [-0.1, -0.05) is 0 Å². The molecule has 0 bridgehead atoms. The van der Waals surface area contributed by atoms with Crippen LogP contribution in [0.25, 0.3) is 0 Å². The van der Waals surface area contributed by atoms with E-state index in [1.165, 1.54) is 7.11 Å². The largest absolute Gasteiger partial charge is 0.480 e. The van der Waals surface area contributed by atoms with E-state index in [1.807, 2.05) is 0 Å². The minimum atomic E-state index is -1.13. The molecule has 0 aromatic carbocycles. The quantitative estimate of drug-likeness (QED) is 0.517. The zero-order valence-electron chi connectivity index (χ0n) is 9.00. The van der Waals surface area contributed by atoms with Crippen LogP contribution in [0.3, 0.4) is 0 Å². The maximum Gasteiger partial charge on any atom is 0.326 e. The number of nitrogens with two attached hydrogens (primary N) is 1. The van der Waals surface area contributed by atoms with Gasteiger partial charge in [0.15, 0.2) is 0 Å². The first kappa shape index (κ1) is 12.9. The lowest BCUT2D eigenvalue weighted by Crippen LogP contribution is -2.48. The Kier molecular flexibility index (Phi) is 4.22. The number of rotatable bonds is 4. The average molecular weight is 232 g/mol. The molecule has 0 saturated carbocycles. The van der Waals surface area contributed by atoms with E-state index >= 15 is 0 Å². The summed E-state index contributed by atoms with van der Waals surface area (Å²) in [6.45, 7) is -0.00999. The van der Waals surface area contributed by atoms with E-state index < -0.39 is 30.1 Å². The molecule has 7 heteroatoms. The van der Waals surface area contributed by atoms with Crippen LogP contribution < -0.4 is 5.73 Å². The Balaban J connectivity index is 2.77. The third kappa shape index (κ3) is 2.49. The molecule has 1 aliphatic heterocycles. The second-order valence-corrected chi connectivity index (χ2v) is 3.69. The van der Waals surface area contributed by atoms with Gasteiger partial charge >= 0.3 is 5.97 Å². The molecule has 16 heavy (non-hydrogen) atoms. The SMILES string of the molecule is COC(CN)C(=O)N1CC(O)CC1C(=O)O. The summed E-state index contributed by atoms with van der Waals surface area (Å²) in [6.07, 6.45) is -1.62. The summed E-state index contributed by atoms with van der Waals surface area (Å²) in [6, 6.07) is -0.994. The van der Waals surface area contributed by atoms with Crippen molar-refractivity contribution in [1.29, 1.82) is 0 Å². The van der Waals surface area contributed by atoms with Gasteiger partial charge in [-0.3, -0.25) is 4.79 Å². The summed E-state index contributed by atoms with van der Waals surface area (Å²) in [4.78, 5) is 23.8. The van der Waals surface area contributed by atoms with Crippen LogP contribution in [0.2, 0.25) is 0 Å². The number of carbonyl (C=O) groups is 2. The minimum Gasteiger partial charge on any atom is -0.480 e. The Morgan fingerprint density at radius 2 is 2.25 bits per heavy atom. The van der Waals surface area contributed by atoms with Gasteiger partial charge in [0, 0.05) is 26.6 Å². The molecule has 4 N–H and O–H groups in total. The monoisotopic (exact) mass is 232 g/mol. The standard InChI is InChI=1S/C9H16N2O5/c1-16-7(3-10)8(13)11-4-5(12)2-6(11)9(14)15/h5-7,12H,2-4,10H2,1H3,(H,14,15). The lowest BCUT2D eigenvalue weighted by Gasteiger charge is -2.24. The number of amides is 1. The summed E-state index contributed by atoms with van der Waals surface area (Å²) in [5.41, 5.74) is 5.33. The Hall–Kier alpha value is -1.18. The van der Waals surface area contributed by atoms with Crippen molar-refractivity contribution in [3.05, 3.63) is 0 Å². The fourth-order valence-corrected chi connectivity index (χ4v) is 1.77. The van der Waals surface area contributed by atoms with Gasteiger partial charge in [0.2, 0.25) is 0 Å². The van der Waals surface area contributed by atoms with Gasteiger partial charge < -0.3 is 25.6 Å². The van der Waals surface area contributed by atoms with Crippen LogP contribution in [0.15, 0.2) is 0 Å². The molecule has 1 amide bonds. The molecule has 3 unspecified atom stereocenters. The van der Waals surface area contributed by atoms with E-state index in [9.17, 15) is 14.7 Å². The highest BCUT2D eigenvalue weighted by Gasteiger charge is 2.40. The molecule has 0 spiro atoms. The zero-order chi connectivity index (χ0) is 12.3. The van der Waals surface area contributed by atoms with Crippen LogP contribution in [0, 0.1) is 0 Å². The molecule has 1 fully saturated rings. The molecule has 1 heterocycles. The Morgan fingerprint density at radius 3 is 2.69 bits per heavy atom. The first-order valence-electron chi connectivity index (χ1n) is 4.95. The summed E-state index contributed by atoms with van der Waals surface area (Å²) in [5.74, 6) is -1.62. The van der Waals surface area contributed by atoms with E-state index in [-0.39, 0.29) is 19.5 Å². The van der Waals surface area contributed by atoms with Crippen molar-refractivity contribution in [2.24, 2.45) is 5.73 Å². The van der Waals surface area contributed by atoms with E-state index in [0.29, 0.717) is 0 Å². The molecule has 3 atom stereocenters. The predicted molar refractivity (Wildman–Crippen MR) is 53.6 cm³/mol. The van der Waals surface area contributed by atoms with E-state index in [0.717, 1.165) is 4.90 Å². The molecule has 0 radical (unpaired) electrons. The van der Waals surface area contributed by atoms with E-state index in [4.69, 9.17) is 15.6 Å². The highest BCUT2D eigenvalue weighted by Crippen LogP contribution is 2.19. The number of aliphatic hydroxyl groups excluding tert-OH is 1. The number of carbonyl (C=O) groups excluding carboxylic acids is 1. The minimum absolute atomic E-state index is 0.00958. The van der Waals surface area contributed by atoms with E-state index in [1.54, 1.807) is 0 Å². The summed E-state index contributed by atoms with van der Waals surface area (Å²) in [7, 11) is 1.33. The molecular formula is C9H16N2O5. The second kappa shape index (κ2) is 5.24. The van der Waals surface area contributed by atoms with Crippen LogP contribution in [-0.4, -0.2) is 65.4 Å². The topological polar surface area (TPSA) is 113 Å². The van der Waals surface area contributed by atoms with Crippen molar-refractivity contribution >= 4 is 11.9 Å². The highest BCUT2D eigenvalue weighted by molar-refractivity contribution is 5.87. The molecular weight excluding hydrogens is 216 g/mol. The molecule has 0 aromatic heterocycles. The number of methoxy groups -OCH3 is 1. The van der Waals surface area contributed by atoms with Crippen LogP contribution in [0.5, 0.6) is 0 Å². The molecule has 0 aromatic rings. The molecule has 1 saturated heterocycles. The number of nitrogens with zero attached hydrogens (tertiary/aromatic N) is 1. The fraction of sp³-hybridized carbons (Fsp3) is 0.778. The third-order valence-corrected chi connectivity index (χ3v) is 2.62. The van der Waals surface area contributed by atoms with Crippen molar-refractivity contribution in [3.63, 3.8) is 0 Å². The predicted octanol–water partition coefficient (Wildman–Crippen LogP) is -1.99. The van der Waals surface area contributed by atoms with Crippen molar-refractivity contribution < 1.29 is 24.5 Å². The van der Waals surface area contributed by atoms with Crippen LogP contribution in [0.4, 0.5) is 0 Å². The van der Waals surface area contributed by atoms with E-state index in [2.05, 4.69) is 0 Å². The Morgan fingerprint density at radius 1 is 1.62 bits per heavy atom. The maximum atomic E-state index is 11.8. The van der Waals surface area contributed by atoms with Gasteiger partial charge in [-0.2, -0.15) is 0 Å². The van der Waals surface area contributed by atoms with Gasteiger partial charge in [0.1, 0.15) is 12.1 Å². The van der Waals surface area contributed by atoms with Crippen molar-refractivity contribution in [2.75, 3.05) is 20.2 Å². The number of ether oxygens (including phenoxy) is 1. The van der Waals surface area contributed by atoms with Gasteiger partial charge in [0.05, 0.1) is 6.10 Å². The molecule has 0 aliphatic carbocycles. The van der Waals surface area contributed by atoms with Crippen molar-refractivity contribution in [1.82, 2.24) is 4.90 Å². The first-order chi connectivity index (χ1) is 7.51. The third-order valence-electron chi connectivity index (χ3n) is 2.62. The first-order valence-corrected chi connectivity index (χ1v) is 4.95. The Bertz CT molecular complexity index is 279. The van der Waals surface area contributed by atoms with Crippen LogP contribution in [0.1, 0.15) is 6.42 Å². The smallest absolute Gasteiger partial charge is 0.326 e. The summed E-state index contributed by atoms with van der Waals surface area (Å²) in [5, 5.41) is 18.3. The fourth-order valence-electron chi connectivity index (χ4n) is 1.77. The normalized spacial score (nSPS) is 26.8. The van der Waals surface area contributed by atoms with Gasteiger partial charge in [0.25, 0.3) is 5.91 Å². The number of hydrogen-bond acceptors (Lipinski definition) is 5. The average Bonchev–Trinajstić information content (AvgIpc) is 2.62. The van der Waals surface area contributed by atoms with Crippen molar-refractivity contribution in [3.8, 4) is 0 Å².